The van der Waals surface area contributed by atoms with Crippen LogP contribution >= 0.6 is 28.3 Å². The SMILES string of the molecule is C[C@H]1OCCN[C@@H]1C(=O)NCCC(=O)N(C)Cc1ccccc1Br.Cl. The number of ether oxygens (including phenoxy) is 1. The zero-order valence-corrected chi connectivity index (χ0v) is 16.9. The molecule has 8 heteroatoms. The number of nitrogens with one attached hydrogen (secondary N) is 2. The van der Waals surface area contributed by atoms with E-state index in [-0.39, 0.29) is 42.8 Å². The Morgan fingerprint density at radius 2 is 2.12 bits per heavy atom. The van der Waals surface area contributed by atoms with Crippen LogP contribution in [-0.2, 0) is 20.9 Å². The molecule has 1 fully saturated rings. The van der Waals surface area contributed by atoms with Gasteiger partial charge in [-0.05, 0) is 18.6 Å². The summed E-state index contributed by atoms with van der Waals surface area (Å²) in [4.78, 5) is 26.0. The second-order valence-electron chi connectivity index (χ2n) is 5.89. The molecule has 1 aliphatic rings. The van der Waals surface area contributed by atoms with Gasteiger partial charge in [0.15, 0.2) is 0 Å². The lowest BCUT2D eigenvalue weighted by molar-refractivity contribution is -0.131. The van der Waals surface area contributed by atoms with Crippen LogP contribution in [0.15, 0.2) is 28.7 Å². The Labute approximate surface area is 163 Å². The highest BCUT2D eigenvalue weighted by molar-refractivity contribution is 9.10. The molecule has 1 saturated heterocycles. The molecule has 0 spiro atoms. The zero-order valence-electron chi connectivity index (χ0n) is 14.5. The fourth-order valence-electron chi connectivity index (χ4n) is 2.59. The molecule has 0 aromatic heterocycles. The second kappa shape index (κ2) is 10.8. The number of halogens is 2. The highest BCUT2D eigenvalue weighted by Gasteiger charge is 2.28. The summed E-state index contributed by atoms with van der Waals surface area (Å²) in [5.74, 6) is -0.129. The van der Waals surface area contributed by atoms with E-state index in [2.05, 4.69) is 26.6 Å². The Kier molecular flexibility index (Phi) is 9.42. The Balaban J connectivity index is 0.00000312. The van der Waals surface area contributed by atoms with Gasteiger partial charge in [0.25, 0.3) is 0 Å². The number of benzene rings is 1. The van der Waals surface area contributed by atoms with Crippen molar-refractivity contribution in [1.29, 1.82) is 0 Å². The van der Waals surface area contributed by atoms with Gasteiger partial charge in [-0.3, -0.25) is 9.59 Å². The van der Waals surface area contributed by atoms with Crippen LogP contribution in [0.5, 0.6) is 0 Å². The number of carbonyl (C=O) groups excluding carboxylic acids is 2. The van der Waals surface area contributed by atoms with Crippen LogP contribution in [0, 0.1) is 0 Å². The van der Waals surface area contributed by atoms with Gasteiger partial charge < -0.3 is 20.3 Å². The highest BCUT2D eigenvalue weighted by atomic mass is 79.9. The first-order chi connectivity index (χ1) is 11.5. The van der Waals surface area contributed by atoms with E-state index in [0.717, 1.165) is 10.0 Å². The van der Waals surface area contributed by atoms with Crippen molar-refractivity contribution in [2.75, 3.05) is 26.7 Å². The first kappa shape index (κ1) is 21.9. The van der Waals surface area contributed by atoms with Crippen molar-refractivity contribution in [3.05, 3.63) is 34.3 Å². The number of nitrogens with zero attached hydrogens (tertiary/aromatic N) is 1. The van der Waals surface area contributed by atoms with Gasteiger partial charge in [0, 0.05) is 37.6 Å². The van der Waals surface area contributed by atoms with E-state index < -0.39 is 0 Å². The van der Waals surface area contributed by atoms with Gasteiger partial charge in [-0.25, -0.2) is 0 Å². The van der Waals surface area contributed by atoms with Crippen molar-refractivity contribution in [3.63, 3.8) is 0 Å². The van der Waals surface area contributed by atoms with E-state index in [1.165, 1.54) is 0 Å². The van der Waals surface area contributed by atoms with Crippen LogP contribution in [0.25, 0.3) is 0 Å². The first-order valence-electron chi connectivity index (χ1n) is 8.09. The molecular formula is C17H25BrClN3O3. The van der Waals surface area contributed by atoms with Crippen LogP contribution < -0.4 is 10.6 Å². The molecule has 2 N–H and O–H groups in total. The Morgan fingerprint density at radius 3 is 2.80 bits per heavy atom. The molecular weight excluding hydrogens is 410 g/mol. The summed E-state index contributed by atoms with van der Waals surface area (Å²) < 4.78 is 6.43. The highest BCUT2D eigenvalue weighted by Crippen LogP contribution is 2.17. The summed E-state index contributed by atoms with van der Waals surface area (Å²) in [5.41, 5.74) is 1.05. The lowest BCUT2D eigenvalue weighted by atomic mass is 10.1. The molecule has 1 aromatic carbocycles. The van der Waals surface area contributed by atoms with Gasteiger partial charge in [-0.2, -0.15) is 0 Å². The number of hydrogen-bond acceptors (Lipinski definition) is 4. The standard InChI is InChI=1S/C17H24BrN3O3.ClH/c1-12-16(19-9-10-24-12)17(23)20-8-7-15(22)21(2)11-13-5-3-4-6-14(13)18;/h3-6,12,16,19H,7-11H2,1-2H3,(H,20,23);1H/t12-,16+;/m1./s1. The lowest BCUT2D eigenvalue weighted by Crippen LogP contribution is -2.55. The first-order valence-corrected chi connectivity index (χ1v) is 8.88. The molecule has 25 heavy (non-hydrogen) atoms. The van der Waals surface area contributed by atoms with E-state index in [9.17, 15) is 9.59 Å². The molecule has 1 heterocycles. The average molecular weight is 435 g/mol. The molecule has 0 radical (unpaired) electrons. The van der Waals surface area contributed by atoms with Crippen molar-refractivity contribution in [2.24, 2.45) is 0 Å². The maximum absolute atomic E-state index is 12.2. The number of amides is 2. The number of hydrogen-bond donors (Lipinski definition) is 2. The van der Waals surface area contributed by atoms with Crippen molar-refractivity contribution in [3.8, 4) is 0 Å². The molecule has 2 amide bonds. The summed E-state index contributed by atoms with van der Waals surface area (Å²) in [7, 11) is 1.77. The summed E-state index contributed by atoms with van der Waals surface area (Å²) in [5, 5.41) is 5.94. The molecule has 2 rings (SSSR count). The summed E-state index contributed by atoms with van der Waals surface area (Å²) in [6.45, 7) is 4.00. The molecule has 0 saturated carbocycles. The quantitative estimate of drug-likeness (QED) is 0.715. The van der Waals surface area contributed by atoms with E-state index in [4.69, 9.17) is 4.74 Å². The molecule has 0 unspecified atom stereocenters. The predicted octanol–water partition coefficient (Wildman–Crippen LogP) is 1.71. The van der Waals surface area contributed by atoms with Crippen molar-refractivity contribution < 1.29 is 14.3 Å². The number of carbonyl (C=O) groups is 2. The van der Waals surface area contributed by atoms with Gasteiger partial charge in [-0.1, -0.05) is 34.1 Å². The van der Waals surface area contributed by atoms with Crippen molar-refractivity contribution in [1.82, 2.24) is 15.5 Å². The third-order valence-corrected chi connectivity index (χ3v) is 4.80. The third-order valence-electron chi connectivity index (χ3n) is 4.03. The zero-order chi connectivity index (χ0) is 17.5. The fraction of sp³-hybridized carbons (Fsp3) is 0.529. The Bertz CT molecular complexity index is 588. The van der Waals surface area contributed by atoms with Gasteiger partial charge in [0.05, 0.1) is 12.7 Å². The van der Waals surface area contributed by atoms with Crippen LogP contribution in [-0.4, -0.2) is 55.6 Å². The maximum atomic E-state index is 12.2. The van der Waals surface area contributed by atoms with Crippen LogP contribution in [0.2, 0.25) is 0 Å². The Hall–Kier alpha value is -1.15. The van der Waals surface area contributed by atoms with E-state index in [1.54, 1.807) is 11.9 Å². The molecule has 2 atom stereocenters. The van der Waals surface area contributed by atoms with Gasteiger partial charge in [0.2, 0.25) is 11.8 Å². The third kappa shape index (κ3) is 6.58. The Morgan fingerprint density at radius 1 is 1.40 bits per heavy atom. The minimum Gasteiger partial charge on any atom is -0.375 e. The van der Waals surface area contributed by atoms with Crippen molar-refractivity contribution >= 4 is 40.2 Å². The smallest absolute Gasteiger partial charge is 0.239 e. The number of rotatable bonds is 6. The van der Waals surface area contributed by atoms with Gasteiger partial charge in [0.1, 0.15) is 6.04 Å². The van der Waals surface area contributed by atoms with Gasteiger partial charge in [-0.15, -0.1) is 12.4 Å². The molecule has 0 aliphatic carbocycles. The van der Waals surface area contributed by atoms with Crippen LogP contribution in [0.4, 0.5) is 0 Å². The average Bonchev–Trinajstić information content (AvgIpc) is 2.57. The van der Waals surface area contributed by atoms with E-state index in [0.29, 0.717) is 26.2 Å². The largest absolute Gasteiger partial charge is 0.375 e. The number of morpholine rings is 1. The maximum Gasteiger partial charge on any atom is 0.239 e. The monoisotopic (exact) mass is 433 g/mol. The lowest BCUT2D eigenvalue weighted by Gasteiger charge is -2.29. The molecule has 140 valence electrons. The van der Waals surface area contributed by atoms with E-state index in [1.807, 2.05) is 31.2 Å². The topological polar surface area (TPSA) is 70.7 Å². The van der Waals surface area contributed by atoms with Gasteiger partial charge >= 0.3 is 0 Å². The van der Waals surface area contributed by atoms with E-state index >= 15 is 0 Å². The van der Waals surface area contributed by atoms with Crippen molar-refractivity contribution in [2.45, 2.75) is 32.0 Å². The minimum atomic E-state index is -0.355. The fourth-order valence-corrected chi connectivity index (χ4v) is 3.00. The summed E-state index contributed by atoms with van der Waals surface area (Å²) in [6.07, 6.45) is 0.113. The molecule has 0 bridgehead atoms. The second-order valence-corrected chi connectivity index (χ2v) is 6.74. The van der Waals surface area contributed by atoms with Crippen LogP contribution in [0.3, 0.4) is 0 Å². The molecule has 1 aromatic rings. The van der Waals surface area contributed by atoms with Crippen LogP contribution in [0.1, 0.15) is 18.9 Å². The summed E-state index contributed by atoms with van der Waals surface area (Å²) in [6, 6.07) is 7.46. The summed E-state index contributed by atoms with van der Waals surface area (Å²) >= 11 is 3.48. The predicted molar refractivity (Wildman–Crippen MR) is 103 cm³/mol. The molecule has 1 aliphatic heterocycles. The normalized spacial score (nSPS) is 19.6. The molecule has 6 nitrogen and oxygen atoms in total. The minimum absolute atomic E-state index is 0.